The molecule has 1 heterocycles. The minimum atomic E-state index is -0.582. The lowest BCUT2D eigenvalue weighted by molar-refractivity contribution is -0.133. The summed E-state index contributed by atoms with van der Waals surface area (Å²) in [4.78, 5) is 13.9. The number of nitrogens with two attached hydrogens (primary N) is 1. The highest BCUT2D eigenvalue weighted by Crippen LogP contribution is 2.17. The first-order chi connectivity index (χ1) is 8.20. The van der Waals surface area contributed by atoms with Crippen LogP contribution < -0.4 is 5.73 Å². The molecule has 0 radical (unpaired) electrons. The molecule has 1 aromatic carbocycles. The third-order valence-electron chi connectivity index (χ3n) is 3.23. The summed E-state index contributed by atoms with van der Waals surface area (Å²) in [7, 11) is 1.80. The molecular formula is C13H18N2O2. The zero-order valence-corrected chi connectivity index (χ0v) is 10.0. The molecule has 2 rings (SSSR count). The van der Waals surface area contributed by atoms with Crippen molar-refractivity contribution in [3.63, 3.8) is 0 Å². The van der Waals surface area contributed by atoms with Crippen molar-refractivity contribution in [3.8, 4) is 0 Å². The Morgan fingerprint density at radius 1 is 1.47 bits per heavy atom. The van der Waals surface area contributed by atoms with E-state index in [1.54, 1.807) is 11.9 Å². The molecule has 92 valence electrons. The standard InChI is InChI=1S/C13H18N2O2/c1-15(11-7-8-17-9-11)13(16)12(14)10-5-3-2-4-6-10/h2-6,11-12H,7-9,14H2,1H3/t11?,12-/m1/s1. The smallest absolute Gasteiger partial charge is 0.244 e. The predicted octanol–water partition coefficient (Wildman–Crippen LogP) is 0.934. The zero-order valence-electron chi connectivity index (χ0n) is 10.0. The van der Waals surface area contributed by atoms with Crippen LogP contribution in [0.4, 0.5) is 0 Å². The number of nitrogens with zero attached hydrogens (tertiary/aromatic N) is 1. The summed E-state index contributed by atoms with van der Waals surface area (Å²) in [6, 6.07) is 9.03. The van der Waals surface area contributed by atoms with Gasteiger partial charge < -0.3 is 15.4 Å². The molecule has 1 aromatic rings. The highest BCUT2D eigenvalue weighted by atomic mass is 16.5. The maximum Gasteiger partial charge on any atom is 0.244 e. The van der Waals surface area contributed by atoms with Gasteiger partial charge in [-0.05, 0) is 12.0 Å². The van der Waals surface area contributed by atoms with Gasteiger partial charge >= 0.3 is 0 Å². The number of hydrogen-bond donors (Lipinski definition) is 1. The second-order valence-corrected chi connectivity index (χ2v) is 4.35. The molecule has 4 heteroatoms. The Balaban J connectivity index is 2.04. The summed E-state index contributed by atoms with van der Waals surface area (Å²) >= 11 is 0. The van der Waals surface area contributed by atoms with Crippen LogP contribution in [0.15, 0.2) is 30.3 Å². The first kappa shape index (κ1) is 12.1. The summed E-state index contributed by atoms with van der Waals surface area (Å²) < 4.78 is 5.28. The second kappa shape index (κ2) is 5.29. The molecule has 1 unspecified atom stereocenters. The third kappa shape index (κ3) is 2.65. The van der Waals surface area contributed by atoms with E-state index in [2.05, 4.69) is 0 Å². The first-order valence-electron chi connectivity index (χ1n) is 5.85. The van der Waals surface area contributed by atoms with Crippen LogP contribution in [0.3, 0.4) is 0 Å². The average Bonchev–Trinajstić information content (AvgIpc) is 2.91. The number of hydrogen-bond acceptors (Lipinski definition) is 3. The van der Waals surface area contributed by atoms with Crippen molar-refractivity contribution >= 4 is 5.91 Å². The molecule has 2 atom stereocenters. The lowest BCUT2D eigenvalue weighted by Gasteiger charge is -2.26. The topological polar surface area (TPSA) is 55.6 Å². The molecular weight excluding hydrogens is 216 g/mol. The molecule has 0 saturated carbocycles. The average molecular weight is 234 g/mol. The quantitative estimate of drug-likeness (QED) is 0.846. The molecule has 0 aromatic heterocycles. The Kier molecular flexibility index (Phi) is 3.76. The van der Waals surface area contributed by atoms with Crippen LogP contribution in [0.1, 0.15) is 18.0 Å². The van der Waals surface area contributed by atoms with Crippen LogP contribution >= 0.6 is 0 Å². The number of carbonyl (C=O) groups is 1. The highest BCUT2D eigenvalue weighted by molar-refractivity contribution is 5.83. The lowest BCUT2D eigenvalue weighted by atomic mass is 10.1. The van der Waals surface area contributed by atoms with Gasteiger partial charge in [0, 0.05) is 13.7 Å². The normalized spacial score (nSPS) is 21.2. The van der Waals surface area contributed by atoms with E-state index in [1.165, 1.54) is 0 Å². The maximum atomic E-state index is 12.2. The Morgan fingerprint density at radius 2 is 2.18 bits per heavy atom. The van der Waals surface area contributed by atoms with Gasteiger partial charge in [0.1, 0.15) is 6.04 Å². The number of benzene rings is 1. The van der Waals surface area contributed by atoms with Crippen LogP contribution in [0, 0.1) is 0 Å². The summed E-state index contributed by atoms with van der Waals surface area (Å²) in [6.07, 6.45) is 0.893. The van der Waals surface area contributed by atoms with E-state index in [-0.39, 0.29) is 11.9 Å². The van der Waals surface area contributed by atoms with Crippen LogP contribution in [0.25, 0.3) is 0 Å². The molecule has 4 nitrogen and oxygen atoms in total. The van der Waals surface area contributed by atoms with Crippen LogP contribution in [-0.4, -0.2) is 37.1 Å². The third-order valence-corrected chi connectivity index (χ3v) is 3.23. The summed E-state index contributed by atoms with van der Waals surface area (Å²) in [6.45, 7) is 1.34. The van der Waals surface area contributed by atoms with Gasteiger partial charge in [-0.15, -0.1) is 0 Å². The monoisotopic (exact) mass is 234 g/mol. The van der Waals surface area contributed by atoms with Crippen molar-refractivity contribution in [2.75, 3.05) is 20.3 Å². The zero-order chi connectivity index (χ0) is 12.3. The summed E-state index contributed by atoms with van der Waals surface area (Å²) in [5.41, 5.74) is 6.83. The molecule has 1 amide bonds. The Morgan fingerprint density at radius 3 is 2.76 bits per heavy atom. The fraction of sp³-hybridized carbons (Fsp3) is 0.462. The minimum absolute atomic E-state index is 0.0494. The van der Waals surface area contributed by atoms with Gasteiger partial charge in [0.2, 0.25) is 5.91 Å². The molecule has 0 aliphatic carbocycles. The number of rotatable bonds is 3. The maximum absolute atomic E-state index is 12.2. The van der Waals surface area contributed by atoms with Crippen LogP contribution in [0.2, 0.25) is 0 Å². The van der Waals surface area contributed by atoms with Gasteiger partial charge in [-0.25, -0.2) is 0 Å². The molecule has 1 aliphatic rings. The van der Waals surface area contributed by atoms with Crippen molar-refractivity contribution in [2.24, 2.45) is 5.73 Å². The van der Waals surface area contributed by atoms with Crippen LogP contribution in [0.5, 0.6) is 0 Å². The van der Waals surface area contributed by atoms with Crippen molar-refractivity contribution in [1.29, 1.82) is 0 Å². The van der Waals surface area contributed by atoms with Gasteiger partial charge in [-0.2, -0.15) is 0 Å². The Labute approximate surface area is 101 Å². The van der Waals surface area contributed by atoms with E-state index in [1.807, 2.05) is 30.3 Å². The highest BCUT2D eigenvalue weighted by Gasteiger charge is 2.27. The van der Waals surface area contributed by atoms with Gasteiger partial charge in [0.05, 0.1) is 12.6 Å². The fourth-order valence-corrected chi connectivity index (χ4v) is 2.03. The number of ether oxygens (including phenoxy) is 1. The van der Waals surface area contributed by atoms with Crippen molar-refractivity contribution < 1.29 is 9.53 Å². The number of amides is 1. The molecule has 17 heavy (non-hydrogen) atoms. The van der Waals surface area contributed by atoms with Crippen molar-refractivity contribution in [3.05, 3.63) is 35.9 Å². The predicted molar refractivity (Wildman–Crippen MR) is 65.4 cm³/mol. The Hall–Kier alpha value is -1.39. The minimum Gasteiger partial charge on any atom is -0.379 e. The Bertz CT molecular complexity index is 374. The molecule has 0 spiro atoms. The van der Waals surface area contributed by atoms with Gasteiger partial charge in [0.25, 0.3) is 0 Å². The number of likely N-dealkylation sites (N-methyl/N-ethyl adjacent to an activating group) is 1. The summed E-state index contributed by atoms with van der Waals surface area (Å²) in [5.74, 6) is -0.0494. The van der Waals surface area contributed by atoms with E-state index < -0.39 is 6.04 Å². The van der Waals surface area contributed by atoms with Crippen molar-refractivity contribution in [2.45, 2.75) is 18.5 Å². The number of carbonyl (C=O) groups excluding carboxylic acids is 1. The molecule has 1 saturated heterocycles. The van der Waals surface area contributed by atoms with E-state index in [4.69, 9.17) is 10.5 Å². The van der Waals surface area contributed by atoms with E-state index >= 15 is 0 Å². The largest absolute Gasteiger partial charge is 0.379 e. The van der Waals surface area contributed by atoms with Crippen molar-refractivity contribution in [1.82, 2.24) is 4.90 Å². The van der Waals surface area contributed by atoms with E-state index in [0.717, 1.165) is 18.6 Å². The summed E-state index contributed by atoms with van der Waals surface area (Å²) in [5, 5.41) is 0. The van der Waals surface area contributed by atoms with E-state index in [0.29, 0.717) is 6.61 Å². The van der Waals surface area contributed by atoms with E-state index in [9.17, 15) is 4.79 Å². The molecule has 1 aliphatic heterocycles. The second-order valence-electron chi connectivity index (χ2n) is 4.35. The molecule has 0 bridgehead atoms. The SMILES string of the molecule is CN(C(=O)[C@H](N)c1ccccc1)C1CCOC1. The molecule has 2 N–H and O–H groups in total. The first-order valence-corrected chi connectivity index (χ1v) is 5.85. The van der Waals surface area contributed by atoms with Crippen LogP contribution in [-0.2, 0) is 9.53 Å². The lowest BCUT2D eigenvalue weighted by Crippen LogP contribution is -2.42. The van der Waals surface area contributed by atoms with Gasteiger partial charge in [-0.3, -0.25) is 4.79 Å². The van der Waals surface area contributed by atoms with Gasteiger partial charge in [0.15, 0.2) is 0 Å². The molecule has 1 fully saturated rings. The fourth-order valence-electron chi connectivity index (χ4n) is 2.03. The van der Waals surface area contributed by atoms with Gasteiger partial charge in [-0.1, -0.05) is 30.3 Å².